The van der Waals surface area contributed by atoms with Gasteiger partial charge in [-0.25, -0.2) is 0 Å². The second-order valence-electron chi connectivity index (χ2n) is 12.9. The molecule has 0 aromatic heterocycles. The zero-order valence-electron chi connectivity index (χ0n) is 24.8. The third kappa shape index (κ3) is 8.07. The van der Waals surface area contributed by atoms with Gasteiger partial charge in [0.05, 0.1) is 25.2 Å². The van der Waals surface area contributed by atoms with Crippen molar-refractivity contribution in [3.05, 3.63) is 35.5 Å². The number of ether oxygens (including phenoxy) is 2. The first-order valence-corrected chi connectivity index (χ1v) is 14.7. The lowest BCUT2D eigenvalue weighted by atomic mass is 9.61. The Balaban J connectivity index is 1.65. The average Bonchev–Trinajstić information content (AvgIpc) is 3.19. The summed E-state index contributed by atoms with van der Waals surface area (Å²) in [6.07, 6.45) is 8.36. The highest BCUT2D eigenvalue weighted by atomic mass is 16.5. The van der Waals surface area contributed by atoms with Crippen LogP contribution in [-0.4, -0.2) is 57.9 Å². The van der Waals surface area contributed by atoms with Gasteiger partial charge < -0.3 is 24.8 Å². The second-order valence-corrected chi connectivity index (χ2v) is 12.9. The van der Waals surface area contributed by atoms with Gasteiger partial charge in [0.25, 0.3) is 0 Å². The molecule has 3 rings (SSSR count). The third-order valence-corrected chi connectivity index (χ3v) is 8.91. The van der Waals surface area contributed by atoms with E-state index in [1.54, 1.807) is 27.7 Å². The Labute approximate surface area is 235 Å². The minimum absolute atomic E-state index is 0.0706. The molecule has 218 valence electrons. The van der Waals surface area contributed by atoms with Crippen LogP contribution in [0.3, 0.4) is 0 Å². The van der Waals surface area contributed by atoms with E-state index in [0.29, 0.717) is 29.7 Å². The Morgan fingerprint density at radius 3 is 2.62 bits per heavy atom. The van der Waals surface area contributed by atoms with Crippen LogP contribution in [0.15, 0.2) is 35.5 Å². The first-order valence-electron chi connectivity index (χ1n) is 14.7. The molecular weight excluding hydrogens is 492 g/mol. The summed E-state index contributed by atoms with van der Waals surface area (Å²) in [5, 5.41) is 31.5. The number of allylic oxidation sites excluding steroid dienone is 3. The van der Waals surface area contributed by atoms with Gasteiger partial charge in [-0.3, -0.25) is 4.79 Å². The van der Waals surface area contributed by atoms with Crippen LogP contribution in [0.5, 0.6) is 0 Å². The number of aliphatic hydroxyl groups excluding tert-OH is 2. The highest BCUT2D eigenvalue weighted by molar-refractivity contribution is 5.69. The van der Waals surface area contributed by atoms with Gasteiger partial charge in [0.1, 0.15) is 17.8 Å². The number of rotatable bonds is 8. The average molecular weight is 543 g/mol. The third-order valence-electron chi connectivity index (χ3n) is 8.91. The number of aliphatic hydroxyl groups is 3. The molecule has 0 bridgehead atoms. The van der Waals surface area contributed by atoms with Crippen molar-refractivity contribution in [1.82, 2.24) is 0 Å². The Morgan fingerprint density at radius 2 is 1.95 bits per heavy atom. The maximum atomic E-state index is 11.8. The number of hydrogen-bond donors (Lipinski definition) is 3. The first kappa shape index (κ1) is 31.6. The molecule has 0 heterocycles. The minimum Gasteiger partial charge on any atom is -0.463 e. The molecule has 3 aliphatic rings. The number of esters is 1. The standard InChI is InChI=1S/C33H50O6/c1-21(2)39-29(35)16-19-38-31-28(34)20-25(23(4)30(31)36)13-12-24-11-9-18-33(7)26(14-15-27(24)33)22(3)10-8-17-32(5,6)37/h12-13,21-22,26-28,30-31,34,36-37H,4,9-11,14-16,18-20H2,1-3,5-7H3/b24-12+,25-13-/t22-,26-,27+,28-,30-,31+,33-/m1/s1. The molecule has 0 amide bonds. The van der Waals surface area contributed by atoms with Gasteiger partial charge in [-0.05, 0) is 94.1 Å². The van der Waals surface area contributed by atoms with Crippen molar-refractivity contribution in [3.63, 3.8) is 0 Å². The fourth-order valence-electron chi connectivity index (χ4n) is 7.04. The van der Waals surface area contributed by atoms with E-state index in [4.69, 9.17) is 9.47 Å². The van der Waals surface area contributed by atoms with Gasteiger partial charge in [0.15, 0.2) is 0 Å². The molecule has 0 aromatic carbocycles. The molecule has 0 radical (unpaired) electrons. The minimum atomic E-state index is -1.03. The number of fused-ring (bicyclic) bond motifs is 1. The van der Waals surface area contributed by atoms with Gasteiger partial charge in [0.2, 0.25) is 0 Å². The van der Waals surface area contributed by atoms with Gasteiger partial charge >= 0.3 is 5.97 Å². The molecular formula is C33H50O6. The maximum absolute atomic E-state index is 11.8. The van der Waals surface area contributed by atoms with E-state index in [9.17, 15) is 20.1 Å². The summed E-state index contributed by atoms with van der Waals surface area (Å²) in [6.45, 7) is 16.0. The molecule has 3 saturated carbocycles. The van der Waals surface area contributed by atoms with Crippen LogP contribution < -0.4 is 0 Å². The summed E-state index contributed by atoms with van der Waals surface area (Å²) in [5.74, 6) is 7.42. The van der Waals surface area contributed by atoms with Crippen LogP contribution in [0.25, 0.3) is 0 Å². The van der Waals surface area contributed by atoms with Gasteiger partial charge in [0, 0.05) is 12.8 Å². The Hall–Kier alpha value is -1.91. The lowest BCUT2D eigenvalue weighted by molar-refractivity contribution is -0.151. The van der Waals surface area contributed by atoms with E-state index >= 15 is 0 Å². The van der Waals surface area contributed by atoms with Crippen LogP contribution in [-0.2, 0) is 14.3 Å². The van der Waals surface area contributed by atoms with Crippen LogP contribution in [0.4, 0.5) is 0 Å². The second kappa shape index (κ2) is 13.2. The van der Waals surface area contributed by atoms with E-state index in [0.717, 1.165) is 24.8 Å². The fraction of sp³-hybridized carbons (Fsp3) is 0.727. The fourth-order valence-corrected chi connectivity index (χ4v) is 7.04. The molecule has 0 aliphatic heterocycles. The van der Waals surface area contributed by atoms with E-state index in [2.05, 4.69) is 38.3 Å². The van der Waals surface area contributed by atoms with Gasteiger partial charge in [-0.1, -0.05) is 44.1 Å². The summed E-state index contributed by atoms with van der Waals surface area (Å²) < 4.78 is 10.8. The zero-order valence-corrected chi connectivity index (χ0v) is 24.8. The van der Waals surface area contributed by atoms with E-state index in [1.807, 2.05) is 6.08 Å². The van der Waals surface area contributed by atoms with Crippen molar-refractivity contribution < 1.29 is 29.6 Å². The SMILES string of the molecule is C=C1/C(=C\C=C2/CCC[C@]3(C)[C@@H]([C@H](C)CC#CC(C)(C)O)CC[C@@H]23)C[C@@H](O)[C@H](OCCC(=O)OC(C)C)[C@@H]1O. The van der Waals surface area contributed by atoms with E-state index < -0.39 is 23.9 Å². The smallest absolute Gasteiger partial charge is 0.308 e. The molecule has 0 saturated heterocycles. The van der Waals surface area contributed by atoms with Crippen LogP contribution in [0, 0.1) is 35.0 Å². The normalized spacial score (nSPS) is 34.1. The molecule has 6 nitrogen and oxygen atoms in total. The summed E-state index contributed by atoms with van der Waals surface area (Å²) >= 11 is 0. The van der Waals surface area contributed by atoms with Gasteiger partial charge in [-0.2, -0.15) is 0 Å². The van der Waals surface area contributed by atoms with Crippen LogP contribution in [0.1, 0.15) is 92.9 Å². The number of hydrogen-bond acceptors (Lipinski definition) is 6. The Kier molecular flexibility index (Phi) is 10.7. The predicted octanol–water partition coefficient (Wildman–Crippen LogP) is 5.26. The Bertz CT molecular complexity index is 1010. The summed E-state index contributed by atoms with van der Waals surface area (Å²) in [6, 6.07) is 0. The quantitative estimate of drug-likeness (QED) is 0.286. The number of carbonyl (C=O) groups is 1. The maximum Gasteiger partial charge on any atom is 0.308 e. The van der Waals surface area contributed by atoms with Crippen molar-refractivity contribution in [2.45, 2.75) is 123 Å². The molecule has 6 heteroatoms. The lowest BCUT2D eigenvalue weighted by Gasteiger charge is -2.44. The molecule has 0 unspecified atom stereocenters. The molecule has 0 aromatic rings. The van der Waals surface area contributed by atoms with Crippen molar-refractivity contribution >= 4 is 5.97 Å². The topological polar surface area (TPSA) is 96.2 Å². The van der Waals surface area contributed by atoms with Crippen molar-refractivity contribution in [2.24, 2.45) is 23.2 Å². The highest BCUT2D eigenvalue weighted by Gasteiger charge is 2.50. The molecule has 0 spiro atoms. The van der Waals surface area contributed by atoms with Crippen LogP contribution >= 0.6 is 0 Å². The Morgan fingerprint density at radius 1 is 1.23 bits per heavy atom. The predicted molar refractivity (Wildman–Crippen MR) is 154 cm³/mol. The largest absolute Gasteiger partial charge is 0.463 e. The highest BCUT2D eigenvalue weighted by Crippen LogP contribution is 2.59. The van der Waals surface area contributed by atoms with Crippen molar-refractivity contribution in [2.75, 3.05) is 6.61 Å². The summed E-state index contributed by atoms with van der Waals surface area (Å²) in [4.78, 5) is 11.8. The number of carbonyl (C=O) groups excluding carboxylic acids is 1. The summed E-state index contributed by atoms with van der Waals surface area (Å²) in [7, 11) is 0. The molecule has 3 aliphatic carbocycles. The van der Waals surface area contributed by atoms with E-state index in [-0.39, 0.29) is 30.5 Å². The monoisotopic (exact) mass is 542 g/mol. The molecule has 7 atom stereocenters. The van der Waals surface area contributed by atoms with Crippen molar-refractivity contribution in [1.29, 1.82) is 0 Å². The van der Waals surface area contributed by atoms with Gasteiger partial charge in [-0.15, -0.1) is 5.92 Å². The molecule has 39 heavy (non-hydrogen) atoms. The van der Waals surface area contributed by atoms with Crippen molar-refractivity contribution in [3.8, 4) is 11.8 Å². The molecule has 3 fully saturated rings. The molecule has 3 N–H and O–H groups in total. The first-order chi connectivity index (χ1) is 18.2. The van der Waals surface area contributed by atoms with E-state index in [1.165, 1.54) is 24.8 Å². The van der Waals surface area contributed by atoms with Crippen LogP contribution in [0.2, 0.25) is 0 Å². The zero-order chi connectivity index (χ0) is 29.0. The lowest BCUT2D eigenvalue weighted by Crippen LogP contribution is -2.45. The summed E-state index contributed by atoms with van der Waals surface area (Å²) in [5.41, 5.74) is 2.14.